The Morgan fingerprint density at radius 2 is 1.94 bits per heavy atom. The predicted octanol–water partition coefficient (Wildman–Crippen LogP) is 2.00. The molecule has 0 atom stereocenters. The molecule has 1 saturated carbocycles. The van der Waals surface area contributed by atoms with E-state index in [2.05, 4.69) is 38.2 Å². The SMILES string of the molecule is Cc1ccc(CNC(=O)C2(CO)CC2)c(C)c1C. The van der Waals surface area contributed by atoms with Gasteiger partial charge in [0.05, 0.1) is 12.0 Å². The molecule has 0 unspecified atom stereocenters. The van der Waals surface area contributed by atoms with Crippen molar-refractivity contribution in [2.24, 2.45) is 5.41 Å². The first-order chi connectivity index (χ1) is 8.50. The van der Waals surface area contributed by atoms with E-state index in [9.17, 15) is 9.90 Å². The van der Waals surface area contributed by atoms with E-state index in [0.717, 1.165) is 18.4 Å². The maximum atomic E-state index is 11.9. The van der Waals surface area contributed by atoms with E-state index in [-0.39, 0.29) is 12.5 Å². The molecule has 0 aromatic heterocycles. The van der Waals surface area contributed by atoms with Crippen molar-refractivity contribution in [2.45, 2.75) is 40.2 Å². The van der Waals surface area contributed by atoms with Gasteiger partial charge in [0.2, 0.25) is 5.91 Å². The highest BCUT2D eigenvalue weighted by molar-refractivity contribution is 5.85. The molecule has 1 aromatic rings. The molecule has 2 N–H and O–H groups in total. The van der Waals surface area contributed by atoms with Crippen LogP contribution in [0.1, 0.15) is 35.1 Å². The van der Waals surface area contributed by atoms with Crippen LogP contribution in [0.2, 0.25) is 0 Å². The number of carbonyl (C=O) groups excluding carboxylic acids is 1. The summed E-state index contributed by atoms with van der Waals surface area (Å²) in [5.41, 5.74) is 4.47. The standard InChI is InChI=1S/C15H21NO2/c1-10-4-5-13(12(3)11(10)2)8-16-14(18)15(9-17)6-7-15/h4-5,17H,6-9H2,1-3H3,(H,16,18). The largest absolute Gasteiger partial charge is 0.395 e. The average molecular weight is 247 g/mol. The van der Waals surface area contributed by atoms with Crippen molar-refractivity contribution in [3.8, 4) is 0 Å². The van der Waals surface area contributed by atoms with E-state index < -0.39 is 5.41 Å². The minimum absolute atomic E-state index is 0.0115. The predicted molar refractivity (Wildman–Crippen MR) is 71.3 cm³/mol. The first-order valence-electron chi connectivity index (χ1n) is 6.45. The van der Waals surface area contributed by atoms with Gasteiger partial charge in [-0.2, -0.15) is 0 Å². The Bertz CT molecular complexity index is 476. The van der Waals surface area contributed by atoms with Crippen LogP contribution in [0.15, 0.2) is 12.1 Å². The van der Waals surface area contributed by atoms with E-state index in [1.165, 1.54) is 16.7 Å². The van der Waals surface area contributed by atoms with Gasteiger partial charge in [-0.1, -0.05) is 12.1 Å². The van der Waals surface area contributed by atoms with Crippen LogP contribution >= 0.6 is 0 Å². The van der Waals surface area contributed by atoms with Gasteiger partial charge >= 0.3 is 0 Å². The molecular weight excluding hydrogens is 226 g/mol. The lowest BCUT2D eigenvalue weighted by Crippen LogP contribution is -2.33. The molecule has 0 radical (unpaired) electrons. The van der Waals surface area contributed by atoms with Gasteiger partial charge in [0.15, 0.2) is 0 Å². The molecule has 1 aliphatic carbocycles. The summed E-state index contributed by atoms with van der Waals surface area (Å²) in [5, 5.41) is 12.1. The van der Waals surface area contributed by atoms with Crippen LogP contribution in [0.25, 0.3) is 0 Å². The van der Waals surface area contributed by atoms with Crippen LogP contribution in [0.3, 0.4) is 0 Å². The van der Waals surface area contributed by atoms with Crippen molar-refractivity contribution in [1.29, 1.82) is 0 Å². The normalized spacial score (nSPS) is 16.4. The van der Waals surface area contributed by atoms with Crippen LogP contribution in [0, 0.1) is 26.2 Å². The maximum Gasteiger partial charge on any atom is 0.228 e. The monoisotopic (exact) mass is 247 g/mol. The number of aliphatic hydroxyl groups excluding tert-OH is 1. The lowest BCUT2D eigenvalue weighted by molar-refractivity contribution is -0.127. The Labute approximate surface area is 108 Å². The number of rotatable bonds is 4. The summed E-state index contributed by atoms with van der Waals surface area (Å²) in [6, 6.07) is 4.15. The third kappa shape index (κ3) is 2.27. The van der Waals surface area contributed by atoms with Crippen molar-refractivity contribution in [3.63, 3.8) is 0 Å². The number of hydrogen-bond acceptors (Lipinski definition) is 2. The number of hydrogen-bond donors (Lipinski definition) is 2. The summed E-state index contributed by atoms with van der Waals surface area (Å²) >= 11 is 0. The lowest BCUT2D eigenvalue weighted by Gasteiger charge is -2.15. The highest BCUT2D eigenvalue weighted by Crippen LogP contribution is 2.45. The van der Waals surface area contributed by atoms with Crippen LogP contribution in [0.4, 0.5) is 0 Å². The molecule has 0 heterocycles. The highest BCUT2D eigenvalue weighted by atomic mass is 16.3. The van der Waals surface area contributed by atoms with Gasteiger partial charge in [-0.15, -0.1) is 0 Å². The Morgan fingerprint density at radius 1 is 1.28 bits per heavy atom. The minimum Gasteiger partial charge on any atom is -0.395 e. The third-order valence-corrected chi connectivity index (χ3v) is 4.25. The molecule has 0 bridgehead atoms. The van der Waals surface area contributed by atoms with Crippen LogP contribution in [0.5, 0.6) is 0 Å². The zero-order valence-electron chi connectivity index (χ0n) is 11.3. The lowest BCUT2D eigenvalue weighted by atomic mass is 9.98. The van der Waals surface area contributed by atoms with Gasteiger partial charge in [0.25, 0.3) is 0 Å². The topological polar surface area (TPSA) is 49.3 Å². The smallest absolute Gasteiger partial charge is 0.228 e. The van der Waals surface area contributed by atoms with Crippen molar-refractivity contribution in [2.75, 3.05) is 6.61 Å². The zero-order valence-corrected chi connectivity index (χ0v) is 11.3. The fourth-order valence-electron chi connectivity index (χ4n) is 2.17. The van der Waals surface area contributed by atoms with Gasteiger partial charge < -0.3 is 10.4 Å². The molecule has 2 rings (SSSR count). The number of carbonyl (C=O) groups is 1. The Balaban J connectivity index is 2.03. The van der Waals surface area contributed by atoms with E-state index in [1.54, 1.807) is 0 Å². The first kappa shape index (κ1) is 13.1. The van der Waals surface area contributed by atoms with Crippen molar-refractivity contribution >= 4 is 5.91 Å². The number of benzene rings is 1. The first-order valence-corrected chi connectivity index (χ1v) is 6.45. The second-order valence-electron chi connectivity index (χ2n) is 5.41. The number of aryl methyl sites for hydroxylation is 1. The molecule has 1 aromatic carbocycles. The molecule has 3 heteroatoms. The average Bonchev–Trinajstić information content (AvgIpc) is 3.16. The number of aliphatic hydroxyl groups is 1. The third-order valence-electron chi connectivity index (χ3n) is 4.25. The molecule has 0 spiro atoms. The molecule has 98 valence electrons. The van der Waals surface area contributed by atoms with Gasteiger partial charge in [0, 0.05) is 6.54 Å². The summed E-state index contributed by atoms with van der Waals surface area (Å²) in [6.07, 6.45) is 1.61. The molecule has 1 fully saturated rings. The molecule has 1 aliphatic rings. The fourth-order valence-corrected chi connectivity index (χ4v) is 2.17. The minimum atomic E-state index is -0.479. The Kier molecular flexibility index (Phi) is 3.44. The van der Waals surface area contributed by atoms with Gasteiger partial charge in [-0.25, -0.2) is 0 Å². The van der Waals surface area contributed by atoms with Gasteiger partial charge in [-0.05, 0) is 55.9 Å². The summed E-state index contributed by atoms with van der Waals surface area (Å²) < 4.78 is 0. The van der Waals surface area contributed by atoms with Crippen molar-refractivity contribution in [3.05, 3.63) is 34.4 Å². The Hall–Kier alpha value is -1.35. The van der Waals surface area contributed by atoms with E-state index >= 15 is 0 Å². The second-order valence-corrected chi connectivity index (χ2v) is 5.41. The van der Waals surface area contributed by atoms with E-state index in [1.807, 2.05) is 0 Å². The van der Waals surface area contributed by atoms with Crippen LogP contribution in [-0.2, 0) is 11.3 Å². The number of amides is 1. The van der Waals surface area contributed by atoms with Crippen molar-refractivity contribution in [1.82, 2.24) is 5.32 Å². The van der Waals surface area contributed by atoms with Gasteiger partial charge in [0.1, 0.15) is 0 Å². The highest BCUT2D eigenvalue weighted by Gasteiger charge is 2.49. The molecule has 0 saturated heterocycles. The molecular formula is C15H21NO2. The van der Waals surface area contributed by atoms with Crippen LogP contribution in [-0.4, -0.2) is 17.6 Å². The Morgan fingerprint density at radius 3 is 2.50 bits per heavy atom. The summed E-state index contributed by atoms with van der Waals surface area (Å²) in [7, 11) is 0. The van der Waals surface area contributed by atoms with Gasteiger partial charge in [-0.3, -0.25) is 4.79 Å². The molecule has 1 amide bonds. The van der Waals surface area contributed by atoms with Crippen molar-refractivity contribution < 1.29 is 9.90 Å². The molecule has 3 nitrogen and oxygen atoms in total. The zero-order chi connectivity index (χ0) is 13.3. The second kappa shape index (κ2) is 4.73. The van der Waals surface area contributed by atoms with E-state index in [4.69, 9.17) is 0 Å². The number of nitrogens with one attached hydrogen (secondary N) is 1. The van der Waals surface area contributed by atoms with Crippen LogP contribution < -0.4 is 5.32 Å². The molecule has 18 heavy (non-hydrogen) atoms. The maximum absolute atomic E-state index is 11.9. The quantitative estimate of drug-likeness (QED) is 0.855. The summed E-state index contributed by atoms with van der Waals surface area (Å²) in [5.74, 6) is -0.0115. The summed E-state index contributed by atoms with van der Waals surface area (Å²) in [6.45, 7) is 6.79. The summed E-state index contributed by atoms with van der Waals surface area (Å²) in [4.78, 5) is 11.9. The van der Waals surface area contributed by atoms with E-state index in [0.29, 0.717) is 6.54 Å². The fraction of sp³-hybridized carbons (Fsp3) is 0.533. The molecule has 0 aliphatic heterocycles.